The molecule has 1 heterocycles. The van der Waals surface area contributed by atoms with Crippen LogP contribution in [0.1, 0.15) is 16.1 Å². The van der Waals surface area contributed by atoms with Crippen LogP contribution in [-0.4, -0.2) is 29.8 Å². The minimum Gasteiger partial charge on any atom is -0.434 e. The van der Waals surface area contributed by atoms with Crippen molar-refractivity contribution < 1.29 is 18.3 Å². The number of amides is 1. The maximum Gasteiger partial charge on any atom is 0.387 e. The highest BCUT2D eigenvalue weighted by Gasteiger charge is 2.11. The van der Waals surface area contributed by atoms with Crippen molar-refractivity contribution in [3.8, 4) is 5.75 Å². The summed E-state index contributed by atoms with van der Waals surface area (Å²) in [5.41, 5.74) is 0.707. The summed E-state index contributed by atoms with van der Waals surface area (Å²) in [4.78, 5) is 11.4. The first-order valence-electron chi connectivity index (χ1n) is 6.52. The van der Waals surface area contributed by atoms with E-state index in [4.69, 9.17) is 0 Å². The first-order valence-corrected chi connectivity index (χ1v) is 7.32. The summed E-state index contributed by atoms with van der Waals surface area (Å²) in [6.45, 7) is -2.70. The summed E-state index contributed by atoms with van der Waals surface area (Å²) in [6, 6.07) is 7.80. The fourth-order valence-corrected chi connectivity index (χ4v) is 2.17. The second-order valence-corrected chi connectivity index (χ2v) is 5.28. The van der Waals surface area contributed by atoms with Crippen molar-refractivity contribution in [2.24, 2.45) is 0 Å². The third-order valence-corrected chi connectivity index (χ3v) is 3.32. The van der Waals surface area contributed by atoms with Gasteiger partial charge in [0.1, 0.15) is 11.6 Å². The predicted octanol–water partition coefficient (Wildman–Crippen LogP) is 2.81. The van der Waals surface area contributed by atoms with Gasteiger partial charge in [0.25, 0.3) is 5.91 Å². The number of carbonyl (C=O) groups excluding carboxylic acids is 1. The van der Waals surface area contributed by atoms with E-state index in [0.717, 1.165) is 4.47 Å². The molecule has 2 aromatic rings. The van der Waals surface area contributed by atoms with Crippen LogP contribution in [0.25, 0.3) is 0 Å². The number of hydrogen-bond donors (Lipinski definition) is 2. The Labute approximate surface area is 139 Å². The van der Waals surface area contributed by atoms with Crippen molar-refractivity contribution in [3.05, 3.63) is 46.1 Å². The van der Waals surface area contributed by atoms with Crippen LogP contribution < -0.4 is 15.4 Å². The molecule has 1 aromatic heterocycles. The monoisotopic (exact) mass is 386 g/mol. The molecular weight excluding hydrogens is 374 g/mol. The van der Waals surface area contributed by atoms with E-state index >= 15 is 0 Å². The van der Waals surface area contributed by atoms with Crippen molar-refractivity contribution in [2.45, 2.75) is 13.2 Å². The van der Waals surface area contributed by atoms with E-state index in [2.05, 4.69) is 41.5 Å². The number of ether oxygens (including phenoxy) is 1. The number of anilines is 1. The summed E-state index contributed by atoms with van der Waals surface area (Å²) in [5, 5.41) is 13.0. The molecule has 0 saturated heterocycles. The maximum atomic E-state index is 12.4. The summed E-state index contributed by atoms with van der Waals surface area (Å²) in [5.74, 6) is 0.134. The SMILES string of the molecule is CNC(=O)c1ccc(NCc2cc(Br)ccc2OC(F)F)nn1. The van der Waals surface area contributed by atoms with Crippen molar-refractivity contribution >= 4 is 27.7 Å². The molecule has 122 valence electrons. The molecule has 2 rings (SSSR count). The molecule has 1 aromatic carbocycles. The molecule has 2 N–H and O–H groups in total. The van der Waals surface area contributed by atoms with Gasteiger partial charge in [0.15, 0.2) is 5.69 Å². The smallest absolute Gasteiger partial charge is 0.387 e. The average molecular weight is 387 g/mol. The van der Waals surface area contributed by atoms with Gasteiger partial charge in [-0.1, -0.05) is 15.9 Å². The molecule has 0 radical (unpaired) electrons. The van der Waals surface area contributed by atoms with Crippen molar-refractivity contribution in [1.29, 1.82) is 0 Å². The van der Waals surface area contributed by atoms with E-state index < -0.39 is 6.61 Å². The number of nitrogens with one attached hydrogen (secondary N) is 2. The fraction of sp³-hybridized carbons (Fsp3) is 0.214. The van der Waals surface area contributed by atoms with Crippen LogP contribution in [0.3, 0.4) is 0 Å². The topological polar surface area (TPSA) is 76.1 Å². The zero-order valence-electron chi connectivity index (χ0n) is 12.0. The Morgan fingerprint density at radius 1 is 1.30 bits per heavy atom. The third kappa shape index (κ3) is 4.85. The van der Waals surface area contributed by atoms with Crippen molar-refractivity contribution in [2.75, 3.05) is 12.4 Å². The van der Waals surface area contributed by atoms with E-state index in [1.165, 1.54) is 19.2 Å². The Hall–Kier alpha value is -2.29. The molecule has 0 aliphatic rings. The lowest BCUT2D eigenvalue weighted by molar-refractivity contribution is -0.0504. The number of nitrogens with zero attached hydrogens (tertiary/aromatic N) is 2. The van der Waals surface area contributed by atoms with E-state index in [9.17, 15) is 13.6 Å². The van der Waals surface area contributed by atoms with Crippen LogP contribution >= 0.6 is 15.9 Å². The molecule has 0 bridgehead atoms. The standard InChI is InChI=1S/C14H13BrF2N4O2/c1-18-13(22)10-3-5-12(21-20-10)19-7-8-6-9(15)2-4-11(8)23-14(16)17/h2-6,14H,7H2,1H3,(H,18,22)(H,19,21). The minimum atomic E-state index is -2.90. The van der Waals surface area contributed by atoms with Crippen LogP contribution in [0.2, 0.25) is 0 Å². The van der Waals surface area contributed by atoms with E-state index in [1.807, 2.05) is 0 Å². The van der Waals surface area contributed by atoms with Crippen LogP contribution in [0.15, 0.2) is 34.8 Å². The van der Waals surface area contributed by atoms with Crippen LogP contribution in [-0.2, 0) is 6.54 Å². The van der Waals surface area contributed by atoms with Crippen molar-refractivity contribution in [3.63, 3.8) is 0 Å². The van der Waals surface area contributed by atoms with E-state index in [0.29, 0.717) is 11.4 Å². The molecule has 0 atom stereocenters. The predicted molar refractivity (Wildman–Crippen MR) is 83.5 cm³/mol. The van der Waals surface area contributed by atoms with Gasteiger partial charge in [0.05, 0.1) is 0 Å². The van der Waals surface area contributed by atoms with E-state index in [1.54, 1.807) is 18.2 Å². The van der Waals surface area contributed by atoms with Gasteiger partial charge in [0, 0.05) is 23.6 Å². The summed E-state index contributed by atoms with van der Waals surface area (Å²) in [6.07, 6.45) is 0. The van der Waals surface area contributed by atoms with Gasteiger partial charge < -0.3 is 15.4 Å². The summed E-state index contributed by atoms with van der Waals surface area (Å²) >= 11 is 3.28. The summed E-state index contributed by atoms with van der Waals surface area (Å²) < 4.78 is 30.0. The van der Waals surface area contributed by atoms with Gasteiger partial charge in [0.2, 0.25) is 0 Å². The summed E-state index contributed by atoms with van der Waals surface area (Å²) in [7, 11) is 1.49. The Bertz CT molecular complexity index is 683. The zero-order valence-corrected chi connectivity index (χ0v) is 13.6. The number of alkyl halides is 2. The number of carbonyl (C=O) groups is 1. The molecule has 0 spiro atoms. The second kappa shape index (κ2) is 7.82. The largest absolute Gasteiger partial charge is 0.434 e. The van der Waals surface area contributed by atoms with Gasteiger partial charge in [-0.2, -0.15) is 8.78 Å². The van der Waals surface area contributed by atoms with Gasteiger partial charge in [-0.15, -0.1) is 10.2 Å². The fourth-order valence-electron chi connectivity index (χ4n) is 1.76. The molecule has 0 aliphatic heterocycles. The molecule has 0 saturated carbocycles. The molecule has 1 amide bonds. The van der Waals surface area contributed by atoms with Gasteiger partial charge in [-0.3, -0.25) is 4.79 Å². The van der Waals surface area contributed by atoms with Gasteiger partial charge in [-0.25, -0.2) is 0 Å². The van der Waals surface area contributed by atoms with Crippen molar-refractivity contribution in [1.82, 2.24) is 15.5 Å². The van der Waals surface area contributed by atoms with Crippen LogP contribution in [0.4, 0.5) is 14.6 Å². The molecule has 0 unspecified atom stereocenters. The molecule has 9 heteroatoms. The lowest BCUT2D eigenvalue weighted by Gasteiger charge is -2.12. The molecule has 0 fully saturated rings. The first-order chi connectivity index (χ1) is 11.0. The Balaban J connectivity index is 2.08. The average Bonchev–Trinajstić information content (AvgIpc) is 2.54. The molecular formula is C14H13BrF2N4O2. The normalized spacial score (nSPS) is 10.5. The van der Waals surface area contributed by atoms with E-state index in [-0.39, 0.29) is 23.9 Å². The van der Waals surface area contributed by atoms with Crippen LogP contribution in [0, 0.1) is 0 Å². The number of halogens is 3. The molecule has 6 nitrogen and oxygen atoms in total. The maximum absolute atomic E-state index is 12.4. The lowest BCUT2D eigenvalue weighted by atomic mass is 10.2. The number of hydrogen-bond acceptors (Lipinski definition) is 5. The minimum absolute atomic E-state index is 0.0747. The highest BCUT2D eigenvalue weighted by atomic mass is 79.9. The lowest BCUT2D eigenvalue weighted by Crippen LogP contribution is -2.19. The number of benzene rings is 1. The molecule has 0 aliphatic carbocycles. The van der Waals surface area contributed by atoms with Crippen LogP contribution in [0.5, 0.6) is 5.75 Å². The quantitative estimate of drug-likeness (QED) is 0.798. The Morgan fingerprint density at radius 2 is 2.09 bits per heavy atom. The highest BCUT2D eigenvalue weighted by Crippen LogP contribution is 2.25. The Morgan fingerprint density at radius 3 is 2.70 bits per heavy atom. The number of rotatable bonds is 6. The zero-order chi connectivity index (χ0) is 16.8. The Kier molecular flexibility index (Phi) is 5.80. The second-order valence-electron chi connectivity index (χ2n) is 4.37. The number of aromatic nitrogens is 2. The van der Waals surface area contributed by atoms with Gasteiger partial charge in [-0.05, 0) is 30.3 Å². The molecule has 23 heavy (non-hydrogen) atoms. The van der Waals surface area contributed by atoms with Gasteiger partial charge >= 0.3 is 6.61 Å². The third-order valence-electron chi connectivity index (χ3n) is 2.82. The first kappa shape index (κ1) is 17.1. The highest BCUT2D eigenvalue weighted by molar-refractivity contribution is 9.10.